The van der Waals surface area contributed by atoms with Gasteiger partial charge in [-0.3, -0.25) is 9.78 Å². The Bertz CT molecular complexity index is 1120. The first-order chi connectivity index (χ1) is 14.8. The summed E-state index contributed by atoms with van der Waals surface area (Å²) in [6, 6.07) is 20.8. The molecule has 0 radical (unpaired) electrons. The number of rotatable bonds is 7. The minimum absolute atomic E-state index is 0.210. The summed E-state index contributed by atoms with van der Waals surface area (Å²) in [6.45, 7) is 0.411. The number of amides is 1. The number of nitrogens with zero attached hydrogens (tertiary/aromatic N) is 3. The Morgan fingerprint density at radius 2 is 1.83 bits per heavy atom. The van der Waals surface area contributed by atoms with Gasteiger partial charge in [-0.15, -0.1) is 0 Å². The van der Waals surface area contributed by atoms with Crippen LogP contribution in [0.3, 0.4) is 0 Å². The summed E-state index contributed by atoms with van der Waals surface area (Å²) in [7, 11) is 0. The van der Waals surface area contributed by atoms with Crippen molar-refractivity contribution in [3.63, 3.8) is 0 Å². The zero-order chi connectivity index (χ0) is 20.6. The van der Waals surface area contributed by atoms with Gasteiger partial charge in [-0.1, -0.05) is 30.3 Å². The van der Waals surface area contributed by atoms with Crippen molar-refractivity contribution in [2.75, 3.05) is 5.32 Å². The number of imidazole rings is 1. The van der Waals surface area contributed by atoms with Crippen LogP contribution in [0.5, 0.6) is 5.75 Å². The van der Waals surface area contributed by atoms with E-state index in [1.807, 2.05) is 77.5 Å². The highest BCUT2D eigenvalue weighted by atomic mass is 16.5. The fraction of sp³-hybridized carbons (Fsp3) is 0.0417. The number of carbonyl (C=O) groups excluding carboxylic acids is 1. The Balaban J connectivity index is 1.36. The highest BCUT2D eigenvalue weighted by Gasteiger charge is 2.05. The van der Waals surface area contributed by atoms with E-state index in [1.165, 1.54) is 6.08 Å². The average molecular weight is 396 g/mol. The largest absolute Gasteiger partial charge is 0.487 e. The van der Waals surface area contributed by atoms with Crippen LogP contribution in [0.2, 0.25) is 0 Å². The SMILES string of the molecule is O=C(/C=C/c1ccc(OCc2ccccn2)cc1)Nc1ccccc1-n1ccnc1. The number of hydrogen-bond acceptors (Lipinski definition) is 4. The Kier molecular flexibility index (Phi) is 5.96. The van der Waals surface area contributed by atoms with Crippen molar-refractivity contribution < 1.29 is 9.53 Å². The maximum atomic E-state index is 12.4. The molecule has 6 nitrogen and oxygen atoms in total. The summed E-state index contributed by atoms with van der Waals surface area (Å²) in [5.74, 6) is 0.537. The van der Waals surface area contributed by atoms with Gasteiger partial charge >= 0.3 is 0 Å². The lowest BCUT2D eigenvalue weighted by Gasteiger charge is -2.10. The standard InChI is InChI=1S/C24H20N4O2/c29-24(27-22-6-1-2-7-23(22)28-16-15-25-18-28)13-10-19-8-11-21(12-9-19)30-17-20-5-3-4-14-26-20/h1-16,18H,17H2,(H,27,29)/b13-10+. The molecule has 0 saturated carbocycles. The zero-order valence-corrected chi connectivity index (χ0v) is 16.2. The first-order valence-corrected chi connectivity index (χ1v) is 9.47. The predicted molar refractivity (Wildman–Crippen MR) is 116 cm³/mol. The number of ether oxygens (including phenoxy) is 1. The first-order valence-electron chi connectivity index (χ1n) is 9.47. The van der Waals surface area contributed by atoms with Gasteiger partial charge in [-0.25, -0.2) is 4.98 Å². The summed E-state index contributed by atoms with van der Waals surface area (Å²) in [6.07, 6.45) is 10.2. The highest BCUT2D eigenvalue weighted by molar-refractivity contribution is 6.03. The third-order valence-corrected chi connectivity index (χ3v) is 4.36. The molecule has 0 aliphatic rings. The van der Waals surface area contributed by atoms with Crippen LogP contribution in [0.4, 0.5) is 5.69 Å². The summed E-state index contributed by atoms with van der Waals surface area (Å²) in [5, 5.41) is 2.91. The van der Waals surface area contributed by atoms with Crippen LogP contribution in [0.15, 0.2) is 97.7 Å². The lowest BCUT2D eigenvalue weighted by atomic mass is 10.2. The van der Waals surface area contributed by atoms with E-state index >= 15 is 0 Å². The quantitative estimate of drug-likeness (QED) is 0.467. The van der Waals surface area contributed by atoms with E-state index in [0.29, 0.717) is 12.3 Å². The molecule has 1 amide bonds. The molecule has 1 N–H and O–H groups in total. The summed E-state index contributed by atoms with van der Waals surface area (Å²) in [5.41, 5.74) is 3.34. The van der Waals surface area contributed by atoms with E-state index < -0.39 is 0 Å². The summed E-state index contributed by atoms with van der Waals surface area (Å²) in [4.78, 5) is 20.7. The van der Waals surface area contributed by atoms with Crippen molar-refractivity contribution in [2.45, 2.75) is 6.61 Å². The highest BCUT2D eigenvalue weighted by Crippen LogP contribution is 2.20. The second kappa shape index (κ2) is 9.34. The second-order valence-electron chi connectivity index (χ2n) is 6.49. The molecule has 0 atom stereocenters. The molecule has 0 fully saturated rings. The van der Waals surface area contributed by atoms with Gasteiger partial charge in [0.1, 0.15) is 12.4 Å². The number of benzene rings is 2. The van der Waals surface area contributed by atoms with Gasteiger partial charge in [0.15, 0.2) is 0 Å². The van der Waals surface area contributed by atoms with Gasteiger partial charge in [0.05, 0.1) is 23.4 Å². The van der Waals surface area contributed by atoms with Gasteiger partial charge in [0.2, 0.25) is 5.91 Å². The number of nitrogens with one attached hydrogen (secondary N) is 1. The van der Waals surface area contributed by atoms with Crippen LogP contribution in [-0.4, -0.2) is 20.4 Å². The number of anilines is 1. The number of carbonyl (C=O) groups is 1. The third kappa shape index (κ3) is 4.99. The van der Waals surface area contributed by atoms with E-state index in [9.17, 15) is 4.79 Å². The molecular formula is C24H20N4O2. The maximum Gasteiger partial charge on any atom is 0.248 e. The molecule has 0 aliphatic heterocycles. The molecule has 0 spiro atoms. The van der Waals surface area contributed by atoms with Crippen molar-refractivity contribution in [3.05, 3.63) is 109 Å². The van der Waals surface area contributed by atoms with Crippen LogP contribution in [0.25, 0.3) is 11.8 Å². The van der Waals surface area contributed by atoms with E-state index in [-0.39, 0.29) is 5.91 Å². The van der Waals surface area contributed by atoms with Crippen LogP contribution < -0.4 is 10.1 Å². The Hall–Kier alpha value is -4.19. The number of para-hydroxylation sites is 2. The van der Waals surface area contributed by atoms with E-state index in [4.69, 9.17) is 4.74 Å². The molecule has 6 heteroatoms. The normalized spacial score (nSPS) is 10.8. The molecule has 2 aromatic heterocycles. The van der Waals surface area contributed by atoms with Crippen LogP contribution in [0, 0.1) is 0 Å². The van der Waals surface area contributed by atoms with E-state index in [0.717, 1.165) is 22.7 Å². The van der Waals surface area contributed by atoms with Crippen LogP contribution >= 0.6 is 0 Å². The van der Waals surface area contributed by atoms with Crippen molar-refractivity contribution in [1.82, 2.24) is 14.5 Å². The average Bonchev–Trinajstić information content (AvgIpc) is 3.33. The topological polar surface area (TPSA) is 69.0 Å². The molecule has 0 unspecified atom stereocenters. The molecule has 30 heavy (non-hydrogen) atoms. The maximum absolute atomic E-state index is 12.4. The number of hydrogen-bond donors (Lipinski definition) is 1. The van der Waals surface area contributed by atoms with Crippen molar-refractivity contribution >= 4 is 17.7 Å². The Morgan fingerprint density at radius 1 is 1.00 bits per heavy atom. The summed E-state index contributed by atoms with van der Waals surface area (Å²) >= 11 is 0. The van der Waals surface area contributed by atoms with Gasteiger partial charge in [0, 0.05) is 24.7 Å². The van der Waals surface area contributed by atoms with Gasteiger partial charge in [0.25, 0.3) is 0 Å². The lowest BCUT2D eigenvalue weighted by molar-refractivity contribution is -0.111. The summed E-state index contributed by atoms with van der Waals surface area (Å²) < 4.78 is 7.58. The number of aromatic nitrogens is 3. The second-order valence-corrected chi connectivity index (χ2v) is 6.49. The molecule has 2 heterocycles. The Labute approximate surface area is 174 Å². The molecule has 2 aromatic carbocycles. The fourth-order valence-electron chi connectivity index (χ4n) is 2.87. The molecule has 0 saturated heterocycles. The van der Waals surface area contributed by atoms with Crippen molar-refractivity contribution in [3.8, 4) is 11.4 Å². The molecule has 0 bridgehead atoms. The van der Waals surface area contributed by atoms with E-state index in [2.05, 4.69) is 15.3 Å². The van der Waals surface area contributed by atoms with Gasteiger partial charge < -0.3 is 14.6 Å². The third-order valence-electron chi connectivity index (χ3n) is 4.36. The molecule has 4 aromatic rings. The zero-order valence-electron chi connectivity index (χ0n) is 16.2. The van der Waals surface area contributed by atoms with Crippen molar-refractivity contribution in [1.29, 1.82) is 0 Å². The monoisotopic (exact) mass is 396 g/mol. The smallest absolute Gasteiger partial charge is 0.248 e. The molecule has 4 rings (SSSR count). The first kappa shape index (κ1) is 19.1. The van der Waals surface area contributed by atoms with Crippen LogP contribution in [0.1, 0.15) is 11.3 Å². The fourth-order valence-corrected chi connectivity index (χ4v) is 2.87. The minimum atomic E-state index is -0.210. The molecule has 0 aliphatic carbocycles. The minimum Gasteiger partial charge on any atom is -0.487 e. The van der Waals surface area contributed by atoms with Gasteiger partial charge in [-0.05, 0) is 48.0 Å². The van der Waals surface area contributed by atoms with Gasteiger partial charge in [-0.2, -0.15) is 0 Å². The predicted octanol–water partition coefficient (Wildman–Crippen LogP) is 4.50. The molecule has 148 valence electrons. The Morgan fingerprint density at radius 3 is 2.60 bits per heavy atom. The number of pyridine rings is 1. The van der Waals surface area contributed by atoms with Crippen molar-refractivity contribution in [2.24, 2.45) is 0 Å². The van der Waals surface area contributed by atoms with E-state index in [1.54, 1.807) is 24.8 Å². The molecular weight excluding hydrogens is 376 g/mol. The lowest BCUT2D eigenvalue weighted by Crippen LogP contribution is -2.10. The van der Waals surface area contributed by atoms with Crippen LogP contribution in [-0.2, 0) is 11.4 Å².